The number of rotatable bonds is 6. The maximum absolute atomic E-state index is 9.74. The molecule has 0 unspecified atom stereocenters. The molecule has 9 heavy (non-hydrogen) atoms. The van der Waals surface area contributed by atoms with Crippen LogP contribution in [-0.2, 0) is 9.53 Å². The molecule has 0 bridgehead atoms. The van der Waals surface area contributed by atoms with Crippen LogP contribution >= 0.6 is 0 Å². The molecule has 0 aliphatic heterocycles. The third-order valence-electron chi connectivity index (χ3n) is 0.846. The first kappa shape index (κ1) is 8.37. The molecule has 0 rings (SSSR count). The molecular formula is C7H12O2. The Bertz CT molecular complexity index is 69.0. The van der Waals surface area contributed by atoms with E-state index in [4.69, 9.17) is 4.74 Å². The van der Waals surface area contributed by atoms with Gasteiger partial charge in [-0.1, -0.05) is 6.08 Å². The molecule has 0 amide bonds. The van der Waals surface area contributed by atoms with Crippen molar-refractivity contribution in [3.8, 4) is 0 Å². The number of carbonyl (C=O) groups excluding carboxylic acids is 1. The van der Waals surface area contributed by atoms with E-state index >= 15 is 0 Å². The van der Waals surface area contributed by atoms with Gasteiger partial charge in [0.15, 0.2) is 0 Å². The van der Waals surface area contributed by atoms with Crippen molar-refractivity contribution >= 4 is 6.29 Å². The normalized spacial score (nSPS) is 8.89. The molecule has 0 aromatic heterocycles. The van der Waals surface area contributed by atoms with Crippen molar-refractivity contribution in [3.63, 3.8) is 0 Å². The zero-order valence-corrected chi connectivity index (χ0v) is 5.51. The van der Waals surface area contributed by atoms with Gasteiger partial charge in [-0.05, 0) is 6.42 Å². The molecule has 0 aliphatic rings. The molecule has 0 heterocycles. The fourth-order valence-electron chi connectivity index (χ4n) is 0.400. The summed E-state index contributed by atoms with van der Waals surface area (Å²) in [6, 6.07) is 0. The first-order valence-electron chi connectivity index (χ1n) is 3.04. The predicted octanol–water partition coefficient (Wildman–Crippen LogP) is 1.17. The van der Waals surface area contributed by atoms with Crippen molar-refractivity contribution in [3.05, 3.63) is 12.7 Å². The molecule has 0 atom stereocenters. The Kier molecular flexibility index (Phi) is 6.85. The molecule has 2 nitrogen and oxygen atoms in total. The molecule has 0 aromatic rings. The summed E-state index contributed by atoms with van der Waals surface area (Å²) >= 11 is 0. The second kappa shape index (κ2) is 7.37. The van der Waals surface area contributed by atoms with Crippen molar-refractivity contribution in [2.24, 2.45) is 0 Å². The van der Waals surface area contributed by atoms with Gasteiger partial charge in [0.2, 0.25) is 0 Å². The highest BCUT2D eigenvalue weighted by Gasteiger charge is 1.83. The van der Waals surface area contributed by atoms with Crippen LogP contribution in [-0.4, -0.2) is 19.5 Å². The van der Waals surface area contributed by atoms with Crippen LogP contribution in [0.4, 0.5) is 0 Å². The van der Waals surface area contributed by atoms with Crippen molar-refractivity contribution in [1.82, 2.24) is 0 Å². The summed E-state index contributed by atoms with van der Waals surface area (Å²) in [7, 11) is 0. The van der Waals surface area contributed by atoms with E-state index in [1.165, 1.54) is 0 Å². The molecule has 0 N–H and O–H groups in total. The highest BCUT2D eigenvalue weighted by Crippen LogP contribution is 1.83. The zero-order valence-electron chi connectivity index (χ0n) is 5.51. The van der Waals surface area contributed by atoms with Crippen LogP contribution in [0.15, 0.2) is 12.7 Å². The average molecular weight is 128 g/mol. The second-order valence-corrected chi connectivity index (χ2v) is 1.65. The van der Waals surface area contributed by atoms with Gasteiger partial charge in [0.1, 0.15) is 6.29 Å². The van der Waals surface area contributed by atoms with Gasteiger partial charge < -0.3 is 9.53 Å². The van der Waals surface area contributed by atoms with E-state index in [0.717, 1.165) is 12.7 Å². The molecular weight excluding hydrogens is 116 g/mol. The lowest BCUT2D eigenvalue weighted by atomic mass is 10.4. The van der Waals surface area contributed by atoms with E-state index in [0.29, 0.717) is 19.6 Å². The molecule has 0 aromatic carbocycles. The number of carbonyl (C=O) groups is 1. The maximum atomic E-state index is 9.74. The van der Waals surface area contributed by atoms with Crippen LogP contribution in [0.5, 0.6) is 0 Å². The Morgan fingerprint density at radius 3 is 2.56 bits per heavy atom. The molecule has 0 radical (unpaired) electrons. The van der Waals surface area contributed by atoms with Gasteiger partial charge in [0.05, 0.1) is 13.2 Å². The van der Waals surface area contributed by atoms with Gasteiger partial charge in [-0.15, -0.1) is 6.58 Å². The number of aldehydes is 1. The summed E-state index contributed by atoms with van der Waals surface area (Å²) in [4.78, 5) is 9.74. The highest BCUT2D eigenvalue weighted by atomic mass is 16.5. The minimum Gasteiger partial charge on any atom is -0.381 e. The SMILES string of the molecule is C=CCCOCCC=O. The van der Waals surface area contributed by atoms with Crippen LogP contribution in [0, 0.1) is 0 Å². The molecule has 2 heteroatoms. The van der Waals surface area contributed by atoms with Crippen molar-refractivity contribution in [1.29, 1.82) is 0 Å². The third-order valence-corrected chi connectivity index (χ3v) is 0.846. The van der Waals surface area contributed by atoms with Crippen LogP contribution in [0.3, 0.4) is 0 Å². The quantitative estimate of drug-likeness (QED) is 0.305. The van der Waals surface area contributed by atoms with Gasteiger partial charge in [0.25, 0.3) is 0 Å². The zero-order chi connectivity index (χ0) is 6.95. The van der Waals surface area contributed by atoms with Crippen molar-refractivity contribution < 1.29 is 9.53 Å². The Labute approximate surface area is 55.5 Å². The van der Waals surface area contributed by atoms with Crippen molar-refractivity contribution in [2.45, 2.75) is 12.8 Å². The van der Waals surface area contributed by atoms with Gasteiger partial charge in [-0.2, -0.15) is 0 Å². The van der Waals surface area contributed by atoms with E-state index in [-0.39, 0.29) is 0 Å². The van der Waals surface area contributed by atoms with Gasteiger partial charge >= 0.3 is 0 Å². The largest absolute Gasteiger partial charge is 0.381 e. The first-order chi connectivity index (χ1) is 4.41. The Hall–Kier alpha value is -0.630. The van der Waals surface area contributed by atoms with Crippen LogP contribution < -0.4 is 0 Å². The summed E-state index contributed by atoms with van der Waals surface area (Å²) in [5, 5.41) is 0. The number of hydrogen-bond donors (Lipinski definition) is 0. The topological polar surface area (TPSA) is 26.3 Å². The Morgan fingerprint density at radius 2 is 2.00 bits per heavy atom. The summed E-state index contributed by atoms with van der Waals surface area (Å²) in [6.45, 7) is 4.75. The first-order valence-corrected chi connectivity index (χ1v) is 3.04. The summed E-state index contributed by atoms with van der Waals surface area (Å²) < 4.78 is 5.01. The van der Waals surface area contributed by atoms with E-state index in [9.17, 15) is 4.79 Å². The minimum atomic E-state index is 0.497. The molecule has 52 valence electrons. The van der Waals surface area contributed by atoms with Gasteiger partial charge in [-0.25, -0.2) is 0 Å². The lowest BCUT2D eigenvalue weighted by Crippen LogP contribution is -1.95. The Balaban J connectivity index is 2.74. The molecule has 0 aliphatic carbocycles. The van der Waals surface area contributed by atoms with E-state index in [1.54, 1.807) is 6.08 Å². The molecule has 0 spiro atoms. The molecule has 0 saturated carbocycles. The lowest BCUT2D eigenvalue weighted by molar-refractivity contribution is -0.108. The van der Waals surface area contributed by atoms with E-state index in [1.807, 2.05) is 0 Å². The standard InChI is InChI=1S/C7H12O2/c1-2-3-6-9-7-4-5-8/h2,5H,1,3-4,6-7H2. The van der Waals surface area contributed by atoms with Crippen LogP contribution in [0.2, 0.25) is 0 Å². The summed E-state index contributed by atoms with van der Waals surface area (Å²) in [5.41, 5.74) is 0. The third kappa shape index (κ3) is 7.37. The maximum Gasteiger partial charge on any atom is 0.122 e. The Morgan fingerprint density at radius 1 is 1.33 bits per heavy atom. The van der Waals surface area contributed by atoms with Crippen LogP contribution in [0.25, 0.3) is 0 Å². The van der Waals surface area contributed by atoms with Gasteiger partial charge in [-0.3, -0.25) is 0 Å². The van der Waals surface area contributed by atoms with Crippen molar-refractivity contribution in [2.75, 3.05) is 13.2 Å². The monoisotopic (exact) mass is 128 g/mol. The fourth-order valence-corrected chi connectivity index (χ4v) is 0.400. The highest BCUT2D eigenvalue weighted by molar-refractivity contribution is 5.49. The number of hydrogen-bond acceptors (Lipinski definition) is 2. The van der Waals surface area contributed by atoms with Crippen LogP contribution in [0.1, 0.15) is 12.8 Å². The fraction of sp³-hybridized carbons (Fsp3) is 0.571. The molecule has 0 fully saturated rings. The lowest BCUT2D eigenvalue weighted by Gasteiger charge is -1.95. The number of ether oxygens (including phenoxy) is 1. The minimum absolute atomic E-state index is 0.497. The summed E-state index contributed by atoms with van der Waals surface area (Å²) in [5.74, 6) is 0. The average Bonchev–Trinajstić information content (AvgIpc) is 1.89. The van der Waals surface area contributed by atoms with E-state index in [2.05, 4.69) is 6.58 Å². The summed E-state index contributed by atoms with van der Waals surface area (Å²) in [6.07, 6.45) is 4.00. The predicted molar refractivity (Wildman–Crippen MR) is 36.3 cm³/mol. The smallest absolute Gasteiger partial charge is 0.122 e. The molecule has 0 saturated heterocycles. The van der Waals surface area contributed by atoms with E-state index < -0.39 is 0 Å². The second-order valence-electron chi connectivity index (χ2n) is 1.65. The van der Waals surface area contributed by atoms with Gasteiger partial charge in [0, 0.05) is 6.42 Å².